The molecule has 0 aliphatic carbocycles. The van der Waals surface area contributed by atoms with Gasteiger partial charge in [-0.2, -0.15) is 0 Å². The van der Waals surface area contributed by atoms with Gasteiger partial charge in [0.15, 0.2) is 11.5 Å². The molecule has 0 amide bonds. The maximum Gasteiger partial charge on any atom is 0.163 e. The van der Waals surface area contributed by atoms with Gasteiger partial charge in [0, 0.05) is 12.3 Å². The Bertz CT molecular complexity index is 391. The first-order valence-electron chi connectivity index (χ1n) is 3.69. The van der Waals surface area contributed by atoms with Crippen LogP contribution in [0.2, 0.25) is 0 Å². The van der Waals surface area contributed by atoms with Crippen molar-refractivity contribution in [2.24, 2.45) is 5.73 Å². The first-order chi connectivity index (χ1) is 5.79. The van der Waals surface area contributed by atoms with Gasteiger partial charge < -0.3 is 5.73 Å². The van der Waals surface area contributed by atoms with Gasteiger partial charge in [-0.3, -0.25) is 4.40 Å². The fourth-order valence-corrected chi connectivity index (χ4v) is 1.07. The van der Waals surface area contributed by atoms with Gasteiger partial charge >= 0.3 is 0 Å². The van der Waals surface area contributed by atoms with Gasteiger partial charge in [-0.05, 0) is 6.92 Å². The number of rotatable bonds is 1. The van der Waals surface area contributed by atoms with Crippen molar-refractivity contribution in [3.05, 3.63) is 24.4 Å². The molecule has 0 bridgehead atoms. The molecule has 2 rings (SSSR count). The standard InChI is InChI=1S/C7H9N5/c1-5(8)7-11-10-6-2-3-9-4-12(6)7/h2-5H,8H2,1H3. The molecule has 0 aliphatic rings. The molecule has 0 spiro atoms. The van der Waals surface area contributed by atoms with Gasteiger partial charge in [-0.25, -0.2) is 4.98 Å². The molecule has 1 atom stereocenters. The second kappa shape index (κ2) is 2.53. The SMILES string of the molecule is CC(N)c1nnc2ccncn12. The summed E-state index contributed by atoms with van der Waals surface area (Å²) in [5.74, 6) is 0.734. The Kier molecular flexibility index (Phi) is 1.51. The van der Waals surface area contributed by atoms with Gasteiger partial charge in [-0.15, -0.1) is 10.2 Å². The van der Waals surface area contributed by atoms with Crippen LogP contribution < -0.4 is 5.73 Å². The predicted octanol–water partition coefficient (Wildman–Crippen LogP) is 0.144. The minimum absolute atomic E-state index is 0.121. The van der Waals surface area contributed by atoms with Crippen LogP contribution in [0.25, 0.3) is 5.65 Å². The third-order valence-corrected chi connectivity index (χ3v) is 1.65. The summed E-state index contributed by atoms with van der Waals surface area (Å²) in [7, 11) is 0. The summed E-state index contributed by atoms with van der Waals surface area (Å²) in [4.78, 5) is 3.96. The minimum atomic E-state index is -0.121. The van der Waals surface area contributed by atoms with Gasteiger partial charge in [0.05, 0.1) is 6.04 Å². The second-order valence-electron chi connectivity index (χ2n) is 2.66. The molecule has 0 saturated carbocycles. The zero-order chi connectivity index (χ0) is 8.55. The van der Waals surface area contributed by atoms with Crippen LogP contribution >= 0.6 is 0 Å². The van der Waals surface area contributed by atoms with Gasteiger partial charge in [0.2, 0.25) is 0 Å². The average molecular weight is 163 g/mol. The van der Waals surface area contributed by atoms with Crippen molar-refractivity contribution in [3.63, 3.8) is 0 Å². The van der Waals surface area contributed by atoms with E-state index in [9.17, 15) is 0 Å². The Morgan fingerprint density at radius 3 is 3.08 bits per heavy atom. The Hall–Kier alpha value is -1.49. The zero-order valence-electron chi connectivity index (χ0n) is 6.68. The Morgan fingerprint density at radius 2 is 2.33 bits per heavy atom. The highest BCUT2D eigenvalue weighted by Gasteiger charge is 2.07. The van der Waals surface area contributed by atoms with Crippen LogP contribution in [0.5, 0.6) is 0 Å². The van der Waals surface area contributed by atoms with Crippen molar-refractivity contribution in [3.8, 4) is 0 Å². The van der Waals surface area contributed by atoms with Crippen molar-refractivity contribution in [1.82, 2.24) is 19.6 Å². The first-order valence-corrected chi connectivity index (χ1v) is 3.69. The van der Waals surface area contributed by atoms with Crippen LogP contribution in [0.4, 0.5) is 0 Å². The lowest BCUT2D eigenvalue weighted by atomic mass is 10.3. The van der Waals surface area contributed by atoms with Crippen molar-refractivity contribution < 1.29 is 0 Å². The van der Waals surface area contributed by atoms with E-state index in [0.717, 1.165) is 11.5 Å². The molecule has 0 aromatic carbocycles. The van der Waals surface area contributed by atoms with Crippen LogP contribution in [0.3, 0.4) is 0 Å². The molecule has 1 unspecified atom stereocenters. The van der Waals surface area contributed by atoms with Crippen LogP contribution in [-0.2, 0) is 0 Å². The van der Waals surface area contributed by atoms with Crippen molar-refractivity contribution in [2.45, 2.75) is 13.0 Å². The summed E-state index contributed by atoms with van der Waals surface area (Å²) < 4.78 is 1.78. The predicted molar refractivity (Wildman–Crippen MR) is 43.4 cm³/mol. The largest absolute Gasteiger partial charge is 0.322 e. The lowest BCUT2D eigenvalue weighted by Crippen LogP contribution is -2.09. The Balaban J connectivity index is 2.70. The monoisotopic (exact) mass is 163 g/mol. The molecule has 12 heavy (non-hydrogen) atoms. The number of nitrogens with two attached hydrogens (primary N) is 1. The van der Waals surface area contributed by atoms with Gasteiger partial charge in [0.1, 0.15) is 6.33 Å². The highest BCUT2D eigenvalue weighted by Crippen LogP contribution is 2.07. The summed E-state index contributed by atoms with van der Waals surface area (Å²) >= 11 is 0. The van der Waals surface area contributed by atoms with Crippen molar-refractivity contribution in [2.75, 3.05) is 0 Å². The number of aromatic nitrogens is 4. The molecule has 2 aromatic rings. The molecule has 0 saturated heterocycles. The summed E-state index contributed by atoms with van der Waals surface area (Å²) in [5, 5.41) is 7.88. The van der Waals surface area contributed by atoms with E-state index in [1.165, 1.54) is 0 Å². The van der Waals surface area contributed by atoms with Crippen molar-refractivity contribution in [1.29, 1.82) is 0 Å². The van der Waals surface area contributed by atoms with Crippen LogP contribution in [0.15, 0.2) is 18.6 Å². The minimum Gasteiger partial charge on any atom is -0.322 e. The summed E-state index contributed by atoms with van der Waals surface area (Å²) in [6.07, 6.45) is 3.34. The third-order valence-electron chi connectivity index (χ3n) is 1.65. The van der Waals surface area contributed by atoms with Crippen LogP contribution in [-0.4, -0.2) is 19.6 Å². The Labute approximate surface area is 69.2 Å². The number of fused-ring (bicyclic) bond motifs is 1. The number of nitrogens with zero attached hydrogens (tertiary/aromatic N) is 4. The molecule has 2 heterocycles. The Morgan fingerprint density at radius 1 is 1.50 bits per heavy atom. The van der Waals surface area contributed by atoms with E-state index in [4.69, 9.17) is 5.73 Å². The van der Waals surface area contributed by atoms with E-state index in [2.05, 4.69) is 15.2 Å². The molecule has 62 valence electrons. The molecular formula is C7H9N5. The molecule has 5 heteroatoms. The van der Waals surface area contributed by atoms with Crippen LogP contribution in [0, 0.1) is 0 Å². The number of hydrogen-bond donors (Lipinski definition) is 1. The lowest BCUT2D eigenvalue weighted by Gasteiger charge is -2.00. The average Bonchev–Trinajstić information content (AvgIpc) is 2.47. The molecule has 0 radical (unpaired) electrons. The molecule has 0 fully saturated rings. The highest BCUT2D eigenvalue weighted by molar-refractivity contribution is 5.35. The fraction of sp³-hybridized carbons (Fsp3) is 0.286. The maximum atomic E-state index is 5.67. The molecular weight excluding hydrogens is 154 g/mol. The number of hydrogen-bond acceptors (Lipinski definition) is 4. The second-order valence-corrected chi connectivity index (χ2v) is 2.66. The van der Waals surface area contributed by atoms with Crippen molar-refractivity contribution >= 4 is 5.65 Å². The normalized spacial score (nSPS) is 13.5. The summed E-state index contributed by atoms with van der Waals surface area (Å²) in [5.41, 5.74) is 6.45. The highest BCUT2D eigenvalue weighted by atomic mass is 15.3. The van der Waals surface area contributed by atoms with E-state index in [1.807, 2.05) is 6.92 Å². The molecule has 5 nitrogen and oxygen atoms in total. The van der Waals surface area contributed by atoms with Gasteiger partial charge in [-0.1, -0.05) is 0 Å². The molecule has 2 aromatic heterocycles. The van der Waals surface area contributed by atoms with Gasteiger partial charge in [0.25, 0.3) is 0 Å². The maximum absolute atomic E-state index is 5.67. The first kappa shape index (κ1) is 7.17. The third kappa shape index (κ3) is 0.947. The fourth-order valence-electron chi connectivity index (χ4n) is 1.07. The van der Waals surface area contributed by atoms with E-state index in [0.29, 0.717) is 0 Å². The molecule has 0 aliphatic heterocycles. The van der Waals surface area contributed by atoms with E-state index >= 15 is 0 Å². The lowest BCUT2D eigenvalue weighted by molar-refractivity contribution is 0.723. The van der Waals surface area contributed by atoms with E-state index < -0.39 is 0 Å². The van der Waals surface area contributed by atoms with E-state index in [1.54, 1.807) is 23.0 Å². The van der Waals surface area contributed by atoms with E-state index in [-0.39, 0.29) is 6.04 Å². The summed E-state index contributed by atoms with van der Waals surface area (Å²) in [6, 6.07) is 1.67. The van der Waals surface area contributed by atoms with Crippen LogP contribution in [0.1, 0.15) is 18.8 Å². The summed E-state index contributed by atoms with van der Waals surface area (Å²) in [6.45, 7) is 1.86. The molecule has 2 N–H and O–H groups in total. The quantitative estimate of drug-likeness (QED) is 0.649. The topological polar surface area (TPSA) is 69.1 Å². The smallest absolute Gasteiger partial charge is 0.163 e. The zero-order valence-corrected chi connectivity index (χ0v) is 6.68.